The molecule has 2 aromatic rings. The molecule has 0 fully saturated rings. The summed E-state index contributed by atoms with van der Waals surface area (Å²) >= 11 is 0. The van der Waals surface area contributed by atoms with Gasteiger partial charge in [0, 0.05) is 36.8 Å². The van der Waals surface area contributed by atoms with Gasteiger partial charge in [-0.1, -0.05) is 12.1 Å². The Balaban J connectivity index is 1.99. The Morgan fingerprint density at radius 2 is 2.21 bits per heavy atom. The van der Waals surface area contributed by atoms with E-state index < -0.39 is 0 Å². The van der Waals surface area contributed by atoms with Gasteiger partial charge in [0.05, 0.1) is 4.92 Å². The van der Waals surface area contributed by atoms with E-state index in [1.807, 2.05) is 25.3 Å². The normalized spacial score (nSPS) is 10.2. The van der Waals surface area contributed by atoms with E-state index in [0.717, 1.165) is 23.2 Å². The summed E-state index contributed by atoms with van der Waals surface area (Å²) in [6.07, 6.45) is 4.39. The molecular weight excluding hydrogens is 242 g/mol. The summed E-state index contributed by atoms with van der Waals surface area (Å²) < 4.78 is 0. The van der Waals surface area contributed by atoms with Crippen LogP contribution >= 0.6 is 0 Å². The van der Waals surface area contributed by atoms with Gasteiger partial charge in [-0.15, -0.1) is 0 Å². The third-order valence-electron chi connectivity index (χ3n) is 2.88. The zero-order valence-electron chi connectivity index (χ0n) is 10.7. The van der Waals surface area contributed by atoms with E-state index in [1.165, 1.54) is 6.07 Å². The SMILES string of the molecule is Cc1ccc([N+](=O)[O-])cc1NCCc1cccnc1. The molecule has 1 N–H and O–H groups in total. The molecule has 0 aliphatic heterocycles. The first-order chi connectivity index (χ1) is 9.16. The number of nitrogens with zero attached hydrogens (tertiary/aromatic N) is 2. The highest BCUT2D eigenvalue weighted by atomic mass is 16.6. The van der Waals surface area contributed by atoms with Gasteiger partial charge < -0.3 is 5.32 Å². The predicted octanol–water partition coefficient (Wildman–Crippen LogP) is 2.95. The lowest BCUT2D eigenvalue weighted by Gasteiger charge is -2.09. The molecule has 5 nitrogen and oxygen atoms in total. The Bertz CT molecular complexity index is 570. The lowest BCUT2D eigenvalue weighted by Crippen LogP contribution is -2.06. The second-order valence-electron chi connectivity index (χ2n) is 4.29. The number of rotatable bonds is 5. The minimum absolute atomic E-state index is 0.106. The number of aryl methyl sites for hydroxylation is 1. The Morgan fingerprint density at radius 3 is 2.89 bits per heavy atom. The van der Waals surface area contributed by atoms with Crippen LogP contribution in [0, 0.1) is 17.0 Å². The van der Waals surface area contributed by atoms with Crippen molar-refractivity contribution >= 4 is 11.4 Å². The summed E-state index contributed by atoms with van der Waals surface area (Å²) in [7, 11) is 0. The average Bonchev–Trinajstić information content (AvgIpc) is 2.42. The van der Waals surface area contributed by atoms with E-state index in [9.17, 15) is 10.1 Å². The fraction of sp³-hybridized carbons (Fsp3) is 0.214. The van der Waals surface area contributed by atoms with Crippen molar-refractivity contribution in [1.82, 2.24) is 4.98 Å². The van der Waals surface area contributed by atoms with Gasteiger partial charge >= 0.3 is 0 Å². The average molecular weight is 257 g/mol. The van der Waals surface area contributed by atoms with Gasteiger partial charge in [0.2, 0.25) is 0 Å². The highest BCUT2D eigenvalue weighted by Crippen LogP contribution is 2.21. The first-order valence-corrected chi connectivity index (χ1v) is 6.04. The zero-order chi connectivity index (χ0) is 13.7. The lowest BCUT2D eigenvalue weighted by molar-refractivity contribution is -0.384. The van der Waals surface area contributed by atoms with Gasteiger partial charge in [-0.3, -0.25) is 15.1 Å². The fourth-order valence-corrected chi connectivity index (χ4v) is 1.80. The van der Waals surface area contributed by atoms with Crippen LogP contribution in [-0.4, -0.2) is 16.5 Å². The van der Waals surface area contributed by atoms with Crippen molar-refractivity contribution in [3.05, 3.63) is 64.0 Å². The number of non-ortho nitro benzene ring substituents is 1. The van der Waals surface area contributed by atoms with Crippen LogP contribution in [0.1, 0.15) is 11.1 Å². The molecule has 1 aromatic heterocycles. The van der Waals surface area contributed by atoms with Crippen molar-refractivity contribution < 1.29 is 4.92 Å². The highest BCUT2D eigenvalue weighted by molar-refractivity contribution is 5.56. The Hall–Kier alpha value is -2.43. The molecular formula is C14H15N3O2. The first-order valence-electron chi connectivity index (χ1n) is 6.04. The van der Waals surface area contributed by atoms with Gasteiger partial charge in [-0.25, -0.2) is 0 Å². The number of benzene rings is 1. The van der Waals surface area contributed by atoms with E-state index in [-0.39, 0.29) is 10.6 Å². The highest BCUT2D eigenvalue weighted by Gasteiger charge is 2.08. The molecule has 2 rings (SSSR count). The van der Waals surface area contributed by atoms with Crippen molar-refractivity contribution in [3.8, 4) is 0 Å². The van der Waals surface area contributed by atoms with Crippen LogP contribution in [0.2, 0.25) is 0 Å². The molecule has 98 valence electrons. The van der Waals surface area contributed by atoms with Crippen LogP contribution in [0.15, 0.2) is 42.7 Å². The van der Waals surface area contributed by atoms with Crippen molar-refractivity contribution in [2.75, 3.05) is 11.9 Å². The maximum absolute atomic E-state index is 10.7. The maximum Gasteiger partial charge on any atom is 0.271 e. The number of hydrogen-bond donors (Lipinski definition) is 1. The predicted molar refractivity (Wildman–Crippen MR) is 74.3 cm³/mol. The number of aromatic nitrogens is 1. The second kappa shape index (κ2) is 5.95. The van der Waals surface area contributed by atoms with E-state index in [4.69, 9.17) is 0 Å². The van der Waals surface area contributed by atoms with E-state index >= 15 is 0 Å². The third-order valence-corrected chi connectivity index (χ3v) is 2.88. The molecule has 1 heterocycles. The molecule has 1 aromatic carbocycles. The van der Waals surface area contributed by atoms with Crippen LogP contribution in [0.4, 0.5) is 11.4 Å². The molecule has 0 saturated carbocycles. The molecule has 0 unspecified atom stereocenters. The maximum atomic E-state index is 10.7. The number of anilines is 1. The molecule has 0 radical (unpaired) electrons. The third kappa shape index (κ3) is 3.51. The summed E-state index contributed by atoms with van der Waals surface area (Å²) in [5, 5.41) is 14.0. The quantitative estimate of drug-likeness (QED) is 0.660. The van der Waals surface area contributed by atoms with Crippen LogP contribution < -0.4 is 5.32 Å². The van der Waals surface area contributed by atoms with Crippen LogP contribution in [-0.2, 0) is 6.42 Å². The standard InChI is InChI=1S/C14H15N3O2/c1-11-4-5-13(17(18)19)9-14(11)16-8-6-12-3-2-7-15-10-12/h2-5,7,9-10,16H,6,8H2,1H3. The van der Waals surface area contributed by atoms with Gasteiger partial charge in [-0.2, -0.15) is 0 Å². The van der Waals surface area contributed by atoms with Crippen molar-refractivity contribution in [3.63, 3.8) is 0 Å². The Labute approximate surface area is 111 Å². The molecule has 0 aliphatic rings. The molecule has 0 amide bonds. The number of pyridine rings is 1. The van der Waals surface area contributed by atoms with Gasteiger partial charge in [0.15, 0.2) is 0 Å². The minimum atomic E-state index is -0.383. The number of nitro benzene ring substituents is 1. The summed E-state index contributed by atoms with van der Waals surface area (Å²) in [5.74, 6) is 0. The van der Waals surface area contributed by atoms with Crippen molar-refractivity contribution in [2.45, 2.75) is 13.3 Å². The van der Waals surface area contributed by atoms with E-state index in [2.05, 4.69) is 10.3 Å². The van der Waals surface area contributed by atoms with Crippen LogP contribution in [0.5, 0.6) is 0 Å². The molecule has 5 heteroatoms. The fourth-order valence-electron chi connectivity index (χ4n) is 1.80. The Kier molecular flexibility index (Phi) is 4.07. The summed E-state index contributed by atoms with van der Waals surface area (Å²) in [6, 6.07) is 8.74. The monoisotopic (exact) mass is 257 g/mol. The summed E-state index contributed by atoms with van der Waals surface area (Å²) in [5.41, 5.74) is 3.04. The number of nitro groups is 1. The molecule has 19 heavy (non-hydrogen) atoms. The van der Waals surface area contributed by atoms with Gasteiger partial charge in [-0.05, 0) is 30.5 Å². The topological polar surface area (TPSA) is 68.1 Å². The smallest absolute Gasteiger partial charge is 0.271 e. The van der Waals surface area contributed by atoms with Gasteiger partial charge in [0.25, 0.3) is 5.69 Å². The lowest BCUT2D eigenvalue weighted by atomic mass is 10.1. The number of nitrogens with one attached hydrogen (secondary N) is 1. The zero-order valence-corrected chi connectivity index (χ0v) is 10.7. The molecule has 0 atom stereocenters. The molecule has 0 spiro atoms. The molecule has 0 bridgehead atoms. The van der Waals surface area contributed by atoms with Crippen molar-refractivity contribution in [2.24, 2.45) is 0 Å². The van der Waals surface area contributed by atoms with E-state index in [1.54, 1.807) is 18.3 Å². The largest absolute Gasteiger partial charge is 0.384 e. The molecule has 0 aliphatic carbocycles. The van der Waals surface area contributed by atoms with Crippen molar-refractivity contribution in [1.29, 1.82) is 0 Å². The second-order valence-corrected chi connectivity index (χ2v) is 4.29. The van der Waals surface area contributed by atoms with Crippen LogP contribution in [0.3, 0.4) is 0 Å². The molecule has 0 saturated heterocycles. The van der Waals surface area contributed by atoms with Gasteiger partial charge in [0.1, 0.15) is 0 Å². The van der Waals surface area contributed by atoms with E-state index in [0.29, 0.717) is 6.54 Å². The first kappa shape index (κ1) is 13.0. The minimum Gasteiger partial charge on any atom is -0.384 e. The summed E-state index contributed by atoms with van der Waals surface area (Å²) in [4.78, 5) is 14.4. The van der Waals surface area contributed by atoms with Crippen LogP contribution in [0.25, 0.3) is 0 Å². The summed E-state index contributed by atoms with van der Waals surface area (Å²) in [6.45, 7) is 2.64. The Morgan fingerprint density at radius 1 is 1.37 bits per heavy atom. The number of hydrogen-bond acceptors (Lipinski definition) is 4.